The quantitative estimate of drug-likeness (QED) is 0.698. The number of carboxylic acids is 1. The zero-order valence-electron chi connectivity index (χ0n) is 10.9. The van der Waals surface area contributed by atoms with Crippen molar-refractivity contribution < 1.29 is 18.3 Å². The van der Waals surface area contributed by atoms with Crippen LogP contribution in [-0.4, -0.2) is 33.1 Å². The molecule has 0 bridgehead atoms. The Bertz CT molecular complexity index is 542. The number of anilines is 1. The van der Waals surface area contributed by atoms with Crippen molar-refractivity contribution in [1.82, 2.24) is 4.72 Å². The highest BCUT2D eigenvalue weighted by Gasteiger charge is 2.16. The second-order valence-corrected chi connectivity index (χ2v) is 6.14. The molecule has 1 rings (SSSR count). The Morgan fingerprint density at radius 3 is 2.58 bits per heavy atom. The summed E-state index contributed by atoms with van der Waals surface area (Å²) in [6.07, 6.45) is 0.0357. The third kappa shape index (κ3) is 4.53. The summed E-state index contributed by atoms with van der Waals surface area (Å²) in [6, 6.07) is 6.50. The maximum atomic E-state index is 11.8. The average Bonchev–Trinajstić information content (AvgIpc) is 2.36. The lowest BCUT2D eigenvalue weighted by Crippen LogP contribution is -2.21. The maximum Gasteiger partial charge on any atom is 0.303 e. The fourth-order valence-electron chi connectivity index (χ4n) is 1.61. The number of carboxylic acid groups (broad SMARTS) is 1. The molecule has 0 aliphatic carbocycles. The summed E-state index contributed by atoms with van der Waals surface area (Å²) in [5, 5.41) is 11.6. The maximum absolute atomic E-state index is 11.8. The van der Waals surface area contributed by atoms with Gasteiger partial charge in [0.25, 0.3) is 0 Å². The molecule has 1 unspecified atom stereocenters. The highest BCUT2D eigenvalue weighted by atomic mass is 32.2. The van der Waals surface area contributed by atoms with Crippen molar-refractivity contribution in [2.75, 3.05) is 18.9 Å². The van der Waals surface area contributed by atoms with E-state index in [0.29, 0.717) is 12.2 Å². The molecule has 106 valence electrons. The number of hydrogen-bond acceptors (Lipinski definition) is 4. The van der Waals surface area contributed by atoms with Crippen molar-refractivity contribution in [3.8, 4) is 0 Å². The zero-order valence-corrected chi connectivity index (χ0v) is 11.7. The topological polar surface area (TPSA) is 95.5 Å². The van der Waals surface area contributed by atoms with Gasteiger partial charge >= 0.3 is 5.97 Å². The van der Waals surface area contributed by atoms with Crippen molar-refractivity contribution in [2.45, 2.75) is 18.2 Å². The fourth-order valence-corrected chi connectivity index (χ4v) is 2.52. The van der Waals surface area contributed by atoms with Crippen LogP contribution in [0.4, 0.5) is 5.69 Å². The van der Waals surface area contributed by atoms with Gasteiger partial charge in [0.1, 0.15) is 4.90 Å². The molecule has 1 aromatic carbocycles. The number of hydrogen-bond donors (Lipinski definition) is 3. The van der Waals surface area contributed by atoms with Crippen LogP contribution in [0.1, 0.15) is 13.3 Å². The summed E-state index contributed by atoms with van der Waals surface area (Å²) in [6.45, 7) is 2.18. The average molecular weight is 286 g/mol. The molecule has 1 atom stereocenters. The van der Waals surface area contributed by atoms with E-state index in [-0.39, 0.29) is 17.2 Å². The van der Waals surface area contributed by atoms with Crippen LogP contribution in [0.5, 0.6) is 0 Å². The van der Waals surface area contributed by atoms with E-state index < -0.39 is 16.0 Å². The Labute approximate surface area is 112 Å². The van der Waals surface area contributed by atoms with Gasteiger partial charge in [0.2, 0.25) is 10.0 Å². The van der Waals surface area contributed by atoms with Crippen molar-refractivity contribution in [3.05, 3.63) is 24.3 Å². The summed E-state index contributed by atoms with van der Waals surface area (Å²) in [7, 11) is -2.18. The van der Waals surface area contributed by atoms with Crippen LogP contribution in [-0.2, 0) is 14.8 Å². The molecule has 1 aromatic rings. The summed E-state index contributed by atoms with van der Waals surface area (Å²) < 4.78 is 25.9. The first-order valence-corrected chi connectivity index (χ1v) is 7.33. The number of aliphatic carboxylic acids is 1. The smallest absolute Gasteiger partial charge is 0.303 e. The Kier molecular flexibility index (Phi) is 5.31. The predicted octanol–water partition coefficient (Wildman–Crippen LogP) is 1.12. The van der Waals surface area contributed by atoms with Gasteiger partial charge < -0.3 is 10.4 Å². The molecule has 0 amide bonds. The van der Waals surface area contributed by atoms with Gasteiger partial charge in [-0.05, 0) is 25.1 Å². The molecule has 0 heterocycles. The molecule has 0 saturated heterocycles. The number of carbonyl (C=O) groups is 1. The van der Waals surface area contributed by atoms with Gasteiger partial charge in [-0.3, -0.25) is 4.79 Å². The number of rotatable bonds is 7. The summed E-state index contributed by atoms with van der Waals surface area (Å²) in [5.41, 5.74) is 0.467. The van der Waals surface area contributed by atoms with Crippen molar-refractivity contribution in [3.63, 3.8) is 0 Å². The molecule has 0 aliphatic heterocycles. The lowest BCUT2D eigenvalue weighted by atomic mass is 10.1. The standard InChI is InChI=1S/C12H18N2O4S/c1-9(7-12(15)16)8-14-10-5-3-4-6-11(10)19(17,18)13-2/h3-6,9,13-14H,7-8H2,1-2H3,(H,15,16). The van der Waals surface area contributed by atoms with Crippen molar-refractivity contribution in [1.29, 1.82) is 0 Å². The number of benzene rings is 1. The van der Waals surface area contributed by atoms with E-state index in [9.17, 15) is 13.2 Å². The summed E-state index contributed by atoms with van der Waals surface area (Å²) >= 11 is 0. The van der Waals surface area contributed by atoms with E-state index in [1.54, 1.807) is 25.1 Å². The van der Waals surface area contributed by atoms with Crippen LogP contribution in [0, 0.1) is 5.92 Å². The normalized spacial score (nSPS) is 12.9. The van der Waals surface area contributed by atoms with Crippen LogP contribution in [0.25, 0.3) is 0 Å². The first kappa shape index (κ1) is 15.5. The molecule has 0 aliphatic rings. The molecule has 6 nitrogen and oxygen atoms in total. The molecule has 0 fully saturated rings. The third-order valence-electron chi connectivity index (χ3n) is 2.61. The van der Waals surface area contributed by atoms with Gasteiger partial charge in [0.05, 0.1) is 5.69 Å². The number of para-hydroxylation sites is 1. The van der Waals surface area contributed by atoms with E-state index in [1.807, 2.05) is 0 Å². The summed E-state index contributed by atoms with van der Waals surface area (Å²) in [5.74, 6) is -0.965. The molecule has 0 spiro atoms. The molecule has 19 heavy (non-hydrogen) atoms. The first-order chi connectivity index (χ1) is 8.86. The third-order valence-corrected chi connectivity index (χ3v) is 4.08. The Balaban J connectivity index is 2.82. The van der Waals surface area contributed by atoms with Crippen molar-refractivity contribution in [2.24, 2.45) is 5.92 Å². The van der Waals surface area contributed by atoms with Gasteiger partial charge in [-0.15, -0.1) is 0 Å². The van der Waals surface area contributed by atoms with Gasteiger partial charge in [0.15, 0.2) is 0 Å². The Hall–Kier alpha value is -1.60. The van der Waals surface area contributed by atoms with Crippen LogP contribution < -0.4 is 10.0 Å². The SMILES string of the molecule is CNS(=O)(=O)c1ccccc1NCC(C)CC(=O)O. The second kappa shape index (κ2) is 6.53. The minimum atomic E-state index is -3.53. The molecular weight excluding hydrogens is 268 g/mol. The lowest BCUT2D eigenvalue weighted by molar-refractivity contribution is -0.137. The van der Waals surface area contributed by atoms with Gasteiger partial charge in [-0.2, -0.15) is 0 Å². The second-order valence-electron chi connectivity index (χ2n) is 4.29. The predicted molar refractivity (Wildman–Crippen MR) is 72.6 cm³/mol. The molecule has 0 aromatic heterocycles. The van der Waals surface area contributed by atoms with Crippen LogP contribution in [0.3, 0.4) is 0 Å². The van der Waals surface area contributed by atoms with Gasteiger partial charge in [0, 0.05) is 13.0 Å². The minimum Gasteiger partial charge on any atom is -0.481 e. The van der Waals surface area contributed by atoms with Crippen LogP contribution >= 0.6 is 0 Å². The lowest BCUT2D eigenvalue weighted by Gasteiger charge is -2.14. The number of sulfonamides is 1. The zero-order chi connectivity index (χ0) is 14.5. The van der Waals surface area contributed by atoms with Gasteiger partial charge in [-0.25, -0.2) is 13.1 Å². The highest BCUT2D eigenvalue weighted by molar-refractivity contribution is 7.89. The van der Waals surface area contributed by atoms with E-state index in [4.69, 9.17) is 5.11 Å². The molecule has 0 radical (unpaired) electrons. The Morgan fingerprint density at radius 2 is 2.00 bits per heavy atom. The molecular formula is C12H18N2O4S. The van der Waals surface area contributed by atoms with E-state index in [1.165, 1.54) is 13.1 Å². The van der Waals surface area contributed by atoms with Crippen molar-refractivity contribution >= 4 is 21.7 Å². The van der Waals surface area contributed by atoms with E-state index in [0.717, 1.165) is 0 Å². The Morgan fingerprint density at radius 1 is 1.37 bits per heavy atom. The van der Waals surface area contributed by atoms with Gasteiger partial charge in [-0.1, -0.05) is 19.1 Å². The fraction of sp³-hybridized carbons (Fsp3) is 0.417. The summed E-state index contributed by atoms with van der Waals surface area (Å²) in [4.78, 5) is 10.7. The number of nitrogens with one attached hydrogen (secondary N) is 2. The highest BCUT2D eigenvalue weighted by Crippen LogP contribution is 2.20. The van der Waals surface area contributed by atoms with Crippen LogP contribution in [0.15, 0.2) is 29.2 Å². The van der Waals surface area contributed by atoms with E-state index in [2.05, 4.69) is 10.0 Å². The molecule has 3 N–H and O–H groups in total. The largest absolute Gasteiger partial charge is 0.481 e. The molecule has 7 heteroatoms. The minimum absolute atomic E-state index is 0.0357. The monoisotopic (exact) mass is 286 g/mol. The molecule has 0 saturated carbocycles. The van der Waals surface area contributed by atoms with Crippen LogP contribution in [0.2, 0.25) is 0 Å². The van der Waals surface area contributed by atoms with E-state index >= 15 is 0 Å². The first-order valence-electron chi connectivity index (χ1n) is 5.85.